The van der Waals surface area contributed by atoms with Crippen molar-refractivity contribution in [2.24, 2.45) is 0 Å². The first-order valence-corrected chi connectivity index (χ1v) is 6.46. The molecule has 106 valence electrons. The van der Waals surface area contributed by atoms with Gasteiger partial charge >= 0.3 is 0 Å². The number of phenolic OH excluding ortho intramolecular Hbond substituents is 1. The molecule has 1 amide bonds. The number of nitrogens with one attached hydrogen (secondary N) is 1. The minimum Gasteiger partial charge on any atom is -0.506 e. The van der Waals surface area contributed by atoms with Crippen molar-refractivity contribution in [3.8, 4) is 11.5 Å². The largest absolute Gasteiger partial charge is 0.506 e. The van der Waals surface area contributed by atoms with Gasteiger partial charge in [-0.25, -0.2) is 0 Å². The van der Waals surface area contributed by atoms with Crippen LogP contribution in [0.25, 0.3) is 0 Å². The van der Waals surface area contributed by atoms with Crippen LogP contribution in [0, 0.1) is 0 Å². The van der Waals surface area contributed by atoms with E-state index in [9.17, 15) is 9.90 Å². The third-order valence-electron chi connectivity index (χ3n) is 2.58. The number of amides is 1. The highest BCUT2D eigenvalue weighted by Gasteiger charge is 2.05. The molecule has 0 bridgehead atoms. The monoisotopic (exact) mass is 295 g/mol. The molecule has 0 aliphatic rings. The second kappa shape index (κ2) is 6.86. The van der Waals surface area contributed by atoms with E-state index in [-0.39, 0.29) is 16.7 Å². The lowest BCUT2D eigenvalue weighted by Gasteiger charge is -2.07. The van der Waals surface area contributed by atoms with Crippen LogP contribution in [0.3, 0.4) is 0 Å². The molecular weight excluding hydrogens is 282 g/mol. The average Bonchev–Trinajstić information content (AvgIpc) is 2.96. The van der Waals surface area contributed by atoms with Crippen LogP contribution in [0.5, 0.6) is 11.5 Å². The van der Waals surface area contributed by atoms with E-state index < -0.39 is 0 Å². The highest BCUT2D eigenvalue weighted by molar-refractivity contribution is 6.32. The van der Waals surface area contributed by atoms with Crippen LogP contribution < -0.4 is 10.1 Å². The van der Waals surface area contributed by atoms with Gasteiger partial charge in [0.1, 0.15) is 17.8 Å². The molecule has 0 saturated heterocycles. The van der Waals surface area contributed by atoms with Crippen LogP contribution in [0.1, 0.15) is 16.8 Å². The fraction of sp³-hybridized carbons (Fsp3) is 0.214. The summed E-state index contributed by atoms with van der Waals surface area (Å²) in [5, 5.41) is 12.3. The summed E-state index contributed by atoms with van der Waals surface area (Å²) in [5.74, 6) is 0.423. The number of carbonyl (C=O) groups is 1. The molecule has 0 spiro atoms. The minimum absolute atomic E-state index is 0.0198. The molecular formula is C14H14ClNO4. The fourth-order valence-corrected chi connectivity index (χ4v) is 1.71. The first-order valence-electron chi connectivity index (χ1n) is 6.08. The third kappa shape index (κ3) is 3.93. The second-order valence-electron chi connectivity index (χ2n) is 4.08. The molecule has 0 aliphatic heterocycles. The number of hydrogen-bond acceptors (Lipinski definition) is 4. The summed E-state index contributed by atoms with van der Waals surface area (Å²) in [6, 6.07) is 6.24. The topological polar surface area (TPSA) is 71.7 Å². The maximum absolute atomic E-state index is 11.6. The Morgan fingerprint density at radius 3 is 2.95 bits per heavy atom. The predicted molar refractivity (Wildman–Crippen MR) is 74.3 cm³/mol. The molecule has 0 unspecified atom stereocenters. The summed E-state index contributed by atoms with van der Waals surface area (Å²) >= 11 is 5.76. The van der Waals surface area contributed by atoms with Crippen LogP contribution in [-0.4, -0.2) is 24.2 Å². The van der Waals surface area contributed by atoms with Crippen molar-refractivity contribution in [2.45, 2.75) is 6.42 Å². The Morgan fingerprint density at radius 2 is 2.25 bits per heavy atom. The minimum atomic E-state index is -0.175. The van der Waals surface area contributed by atoms with Gasteiger partial charge in [0, 0.05) is 12.6 Å². The van der Waals surface area contributed by atoms with Crippen LogP contribution >= 0.6 is 11.6 Å². The predicted octanol–water partition coefficient (Wildman–Crippen LogP) is 2.84. The van der Waals surface area contributed by atoms with Crippen LogP contribution in [-0.2, 0) is 0 Å². The van der Waals surface area contributed by atoms with Gasteiger partial charge in [-0.1, -0.05) is 11.6 Å². The van der Waals surface area contributed by atoms with Gasteiger partial charge in [-0.3, -0.25) is 4.79 Å². The van der Waals surface area contributed by atoms with Gasteiger partial charge in [-0.15, -0.1) is 0 Å². The fourth-order valence-electron chi connectivity index (χ4n) is 1.54. The number of phenols is 1. The second-order valence-corrected chi connectivity index (χ2v) is 4.49. The number of aromatic hydroxyl groups is 1. The number of rotatable bonds is 6. The lowest BCUT2D eigenvalue weighted by atomic mass is 10.3. The van der Waals surface area contributed by atoms with E-state index in [0.29, 0.717) is 30.9 Å². The molecule has 0 fully saturated rings. The highest BCUT2D eigenvalue weighted by atomic mass is 35.5. The zero-order chi connectivity index (χ0) is 14.4. The van der Waals surface area contributed by atoms with E-state index in [2.05, 4.69) is 5.32 Å². The first kappa shape index (κ1) is 14.3. The van der Waals surface area contributed by atoms with Gasteiger partial charge in [0.15, 0.2) is 0 Å². The van der Waals surface area contributed by atoms with Gasteiger partial charge in [0.05, 0.1) is 23.5 Å². The molecule has 6 heteroatoms. The molecule has 2 rings (SSSR count). The van der Waals surface area contributed by atoms with E-state index in [1.165, 1.54) is 18.6 Å². The van der Waals surface area contributed by atoms with Gasteiger partial charge in [0.2, 0.25) is 0 Å². The van der Waals surface area contributed by atoms with E-state index in [0.717, 1.165) is 0 Å². The van der Waals surface area contributed by atoms with Crippen molar-refractivity contribution < 1.29 is 19.1 Å². The maximum Gasteiger partial charge on any atom is 0.254 e. The van der Waals surface area contributed by atoms with E-state index in [4.69, 9.17) is 20.8 Å². The molecule has 2 N–H and O–H groups in total. The van der Waals surface area contributed by atoms with Gasteiger partial charge in [-0.05, 0) is 24.6 Å². The van der Waals surface area contributed by atoms with Gasteiger partial charge in [-0.2, -0.15) is 0 Å². The number of carbonyl (C=O) groups excluding carboxylic acids is 1. The van der Waals surface area contributed by atoms with Crippen molar-refractivity contribution in [2.75, 3.05) is 13.2 Å². The summed E-state index contributed by atoms with van der Waals surface area (Å²) in [6.45, 7) is 0.933. The molecule has 1 aromatic heterocycles. The van der Waals surface area contributed by atoms with Crippen molar-refractivity contribution in [1.82, 2.24) is 5.32 Å². The van der Waals surface area contributed by atoms with Crippen LogP contribution in [0.2, 0.25) is 5.02 Å². The Hall–Kier alpha value is -2.14. The zero-order valence-electron chi connectivity index (χ0n) is 10.6. The van der Waals surface area contributed by atoms with Crippen molar-refractivity contribution in [1.29, 1.82) is 0 Å². The number of benzene rings is 1. The first-order chi connectivity index (χ1) is 9.66. The van der Waals surface area contributed by atoms with Crippen LogP contribution in [0.4, 0.5) is 0 Å². The Balaban J connectivity index is 1.66. The molecule has 2 aromatic rings. The smallest absolute Gasteiger partial charge is 0.254 e. The summed E-state index contributed by atoms with van der Waals surface area (Å²) in [4.78, 5) is 11.6. The van der Waals surface area contributed by atoms with Gasteiger partial charge < -0.3 is 19.6 Å². The molecule has 0 saturated carbocycles. The molecule has 20 heavy (non-hydrogen) atoms. The summed E-state index contributed by atoms with van der Waals surface area (Å²) in [6.07, 6.45) is 3.50. The van der Waals surface area contributed by atoms with Gasteiger partial charge in [0.25, 0.3) is 5.91 Å². The number of hydrogen-bond donors (Lipinski definition) is 2. The van der Waals surface area contributed by atoms with Crippen molar-refractivity contribution in [3.63, 3.8) is 0 Å². The van der Waals surface area contributed by atoms with E-state index >= 15 is 0 Å². The summed E-state index contributed by atoms with van der Waals surface area (Å²) < 4.78 is 10.3. The Bertz CT molecular complexity index is 569. The molecule has 0 radical (unpaired) electrons. The standard InChI is InChI=1S/C14H14ClNO4/c15-12-8-11(2-3-13(12)17)20-6-1-5-16-14(18)10-4-7-19-9-10/h2-4,7-9,17H,1,5-6H2,(H,16,18). The molecule has 0 atom stereocenters. The molecule has 5 nitrogen and oxygen atoms in total. The van der Waals surface area contributed by atoms with E-state index in [1.807, 2.05) is 0 Å². The Kier molecular flexibility index (Phi) is 4.90. The highest BCUT2D eigenvalue weighted by Crippen LogP contribution is 2.27. The average molecular weight is 296 g/mol. The zero-order valence-corrected chi connectivity index (χ0v) is 11.4. The Labute approximate surface area is 121 Å². The lowest BCUT2D eigenvalue weighted by Crippen LogP contribution is -2.25. The number of halogens is 1. The lowest BCUT2D eigenvalue weighted by molar-refractivity contribution is 0.0951. The quantitative estimate of drug-likeness (QED) is 0.804. The SMILES string of the molecule is O=C(NCCCOc1ccc(O)c(Cl)c1)c1ccoc1. The van der Waals surface area contributed by atoms with Crippen molar-refractivity contribution in [3.05, 3.63) is 47.4 Å². The molecule has 1 heterocycles. The summed E-state index contributed by atoms with van der Waals surface area (Å²) in [7, 11) is 0. The molecule has 1 aromatic carbocycles. The number of ether oxygens (including phenoxy) is 1. The van der Waals surface area contributed by atoms with Crippen LogP contribution in [0.15, 0.2) is 41.2 Å². The Morgan fingerprint density at radius 1 is 1.40 bits per heavy atom. The maximum atomic E-state index is 11.6. The number of furan rings is 1. The third-order valence-corrected chi connectivity index (χ3v) is 2.88. The normalized spacial score (nSPS) is 10.2. The molecule has 0 aliphatic carbocycles. The van der Waals surface area contributed by atoms with E-state index in [1.54, 1.807) is 18.2 Å². The summed E-state index contributed by atoms with van der Waals surface area (Å²) in [5.41, 5.74) is 0.497. The van der Waals surface area contributed by atoms with Crippen molar-refractivity contribution >= 4 is 17.5 Å².